The molecular weight excluding hydrogens is 458 g/mol. The molecule has 0 saturated heterocycles. The molecule has 0 saturated carbocycles. The number of hydrogen-bond acceptors (Lipinski definition) is 7. The van der Waals surface area contributed by atoms with E-state index in [1.54, 1.807) is 38.4 Å². The number of ether oxygens (including phenoxy) is 1. The normalized spacial score (nSPS) is 14.3. The molecule has 2 atom stereocenters. The highest BCUT2D eigenvalue weighted by Gasteiger charge is 2.36. The van der Waals surface area contributed by atoms with E-state index in [4.69, 9.17) is 4.74 Å². The van der Waals surface area contributed by atoms with Crippen LogP contribution in [0.15, 0.2) is 23.0 Å². The number of carboxylic acids is 1. The van der Waals surface area contributed by atoms with Crippen molar-refractivity contribution in [3.05, 3.63) is 34.3 Å². The van der Waals surface area contributed by atoms with E-state index in [0.29, 0.717) is 37.1 Å². The van der Waals surface area contributed by atoms with E-state index in [9.17, 15) is 19.5 Å². The summed E-state index contributed by atoms with van der Waals surface area (Å²) >= 11 is 1.44. The van der Waals surface area contributed by atoms with E-state index in [2.05, 4.69) is 20.9 Å². The number of carboxylic acid groups (broad SMARTS) is 1. The van der Waals surface area contributed by atoms with Crippen molar-refractivity contribution in [1.29, 1.82) is 0 Å². The molecule has 2 amide bonds. The number of unbranched alkanes of at least 4 members (excludes halogenated alkanes) is 1. The van der Waals surface area contributed by atoms with E-state index in [-0.39, 0.29) is 11.8 Å². The van der Waals surface area contributed by atoms with Gasteiger partial charge in [0, 0.05) is 11.9 Å². The Morgan fingerprint density at radius 1 is 1.21 bits per heavy atom. The smallest absolute Gasteiger partial charge is 0.407 e. The molecule has 34 heavy (non-hydrogen) atoms. The Balaban J connectivity index is 2.01. The predicted molar refractivity (Wildman–Crippen MR) is 129 cm³/mol. The highest BCUT2D eigenvalue weighted by Crippen LogP contribution is 2.29. The Morgan fingerprint density at radius 2 is 1.91 bits per heavy atom. The zero-order valence-corrected chi connectivity index (χ0v) is 21.4. The number of hydrogen-bond donors (Lipinski definition) is 3. The second-order valence-electron chi connectivity index (χ2n) is 9.69. The Bertz CT molecular complexity index is 967. The lowest BCUT2D eigenvalue weighted by Gasteiger charge is -2.32. The fourth-order valence-corrected chi connectivity index (χ4v) is 3.85. The van der Waals surface area contributed by atoms with Crippen LogP contribution in [-0.2, 0) is 15.1 Å². The minimum Gasteiger partial charge on any atom is -0.480 e. The Labute approximate surface area is 204 Å². The van der Waals surface area contributed by atoms with Crippen molar-refractivity contribution in [3.63, 3.8) is 0 Å². The largest absolute Gasteiger partial charge is 0.480 e. The third kappa shape index (κ3) is 7.54. The number of nitrogens with zero attached hydrogens (tertiary/aromatic N) is 3. The number of amides is 2. The number of carbonyl (C=O) groups excluding carboxylic acids is 2. The van der Waals surface area contributed by atoms with Crippen LogP contribution in [0.5, 0.6) is 0 Å². The molecule has 2 heterocycles. The predicted octanol–water partition coefficient (Wildman–Crippen LogP) is 3.96. The van der Waals surface area contributed by atoms with Crippen LogP contribution in [0.4, 0.5) is 4.79 Å². The Morgan fingerprint density at radius 3 is 2.47 bits per heavy atom. The summed E-state index contributed by atoms with van der Waals surface area (Å²) in [5.41, 5.74) is -0.356. The molecule has 188 valence electrons. The molecule has 2 aromatic rings. The highest BCUT2D eigenvalue weighted by molar-refractivity contribution is 7.08. The summed E-state index contributed by atoms with van der Waals surface area (Å²) in [5.74, 6) is -1.27. The van der Waals surface area contributed by atoms with Gasteiger partial charge in [-0.25, -0.2) is 14.3 Å². The number of aliphatic carboxylic acids is 1. The van der Waals surface area contributed by atoms with Crippen molar-refractivity contribution < 1.29 is 24.2 Å². The Hall–Kier alpha value is -2.95. The van der Waals surface area contributed by atoms with Crippen molar-refractivity contribution >= 4 is 29.3 Å². The van der Waals surface area contributed by atoms with Gasteiger partial charge in [-0.2, -0.15) is 11.3 Å². The van der Waals surface area contributed by atoms with Gasteiger partial charge in [-0.3, -0.25) is 4.79 Å². The lowest BCUT2D eigenvalue weighted by atomic mass is 9.85. The molecule has 0 aliphatic rings. The molecule has 0 unspecified atom stereocenters. The molecule has 3 N–H and O–H groups in total. The maximum Gasteiger partial charge on any atom is 0.407 e. The standard InChI is InChI=1S/C23H35N5O5S/c1-15(2)23(6,25-19(29)16-10-12-34-14-16)18-13-28(27-26-18)17(20(30)31)9-7-8-11-24-21(32)33-22(3,4)5/h10,12-15,17H,7-9,11H2,1-6H3,(H,24,32)(H,25,29)(H,30,31)/t17-,23+/m0/s1. The van der Waals surface area contributed by atoms with Crippen molar-refractivity contribution in [3.8, 4) is 0 Å². The number of carbonyl (C=O) groups is 3. The van der Waals surface area contributed by atoms with Gasteiger partial charge in [0.05, 0.1) is 17.3 Å². The molecule has 0 aliphatic carbocycles. The molecule has 0 fully saturated rings. The molecule has 0 aromatic carbocycles. The average Bonchev–Trinajstić information content (AvgIpc) is 3.41. The van der Waals surface area contributed by atoms with Gasteiger partial charge in [0.15, 0.2) is 6.04 Å². The van der Waals surface area contributed by atoms with E-state index < -0.39 is 29.2 Å². The molecule has 0 aliphatic heterocycles. The summed E-state index contributed by atoms with van der Waals surface area (Å²) in [6, 6.07) is 0.835. The van der Waals surface area contributed by atoms with Gasteiger partial charge in [-0.1, -0.05) is 19.1 Å². The van der Waals surface area contributed by atoms with Crippen molar-refractivity contribution in [2.24, 2.45) is 5.92 Å². The summed E-state index contributed by atoms with van der Waals surface area (Å²) < 4.78 is 6.51. The van der Waals surface area contributed by atoms with Gasteiger partial charge in [0.25, 0.3) is 5.91 Å². The number of thiophene rings is 1. The maximum absolute atomic E-state index is 12.7. The lowest BCUT2D eigenvalue weighted by Crippen LogP contribution is -2.47. The lowest BCUT2D eigenvalue weighted by molar-refractivity contribution is -0.141. The molecule has 2 rings (SSSR count). The van der Waals surface area contributed by atoms with Gasteiger partial charge >= 0.3 is 12.1 Å². The zero-order valence-electron chi connectivity index (χ0n) is 20.6. The van der Waals surface area contributed by atoms with Crippen LogP contribution in [0.1, 0.15) is 82.9 Å². The summed E-state index contributed by atoms with van der Waals surface area (Å²) in [6.45, 7) is 11.5. The van der Waals surface area contributed by atoms with Crippen LogP contribution < -0.4 is 10.6 Å². The molecule has 0 bridgehead atoms. The van der Waals surface area contributed by atoms with Crippen molar-refractivity contribution in [2.75, 3.05) is 6.54 Å². The summed E-state index contributed by atoms with van der Waals surface area (Å²) in [4.78, 5) is 36.3. The third-order valence-electron chi connectivity index (χ3n) is 5.53. The average molecular weight is 494 g/mol. The van der Waals surface area contributed by atoms with E-state index >= 15 is 0 Å². The van der Waals surface area contributed by atoms with Crippen molar-refractivity contribution in [2.45, 2.75) is 78.0 Å². The van der Waals surface area contributed by atoms with Crippen LogP contribution in [0.25, 0.3) is 0 Å². The van der Waals surface area contributed by atoms with Gasteiger partial charge in [0.2, 0.25) is 0 Å². The molecular formula is C23H35N5O5S. The molecule has 0 radical (unpaired) electrons. The zero-order chi connectivity index (χ0) is 25.5. The van der Waals surface area contributed by atoms with Crippen LogP contribution in [0.2, 0.25) is 0 Å². The highest BCUT2D eigenvalue weighted by atomic mass is 32.1. The molecule has 2 aromatic heterocycles. The topological polar surface area (TPSA) is 135 Å². The van der Waals surface area contributed by atoms with Crippen LogP contribution >= 0.6 is 11.3 Å². The number of rotatable bonds is 11. The maximum atomic E-state index is 12.7. The van der Waals surface area contributed by atoms with Gasteiger partial charge in [0.1, 0.15) is 11.3 Å². The first-order valence-corrected chi connectivity index (χ1v) is 12.2. The van der Waals surface area contributed by atoms with Crippen LogP contribution in [0, 0.1) is 5.92 Å². The fourth-order valence-electron chi connectivity index (χ4n) is 3.21. The van der Waals surface area contributed by atoms with Crippen LogP contribution in [0.3, 0.4) is 0 Å². The van der Waals surface area contributed by atoms with Gasteiger partial charge in [-0.05, 0) is 64.3 Å². The van der Waals surface area contributed by atoms with Crippen molar-refractivity contribution in [1.82, 2.24) is 25.6 Å². The minimum absolute atomic E-state index is 0.0255. The monoisotopic (exact) mass is 493 g/mol. The van der Waals surface area contributed by atoms with Gasteiger partial charge in [-0.15, -0.1) is 5.10 Å². The number of nitrogens with one attached hydrogen (secondary N) is 2. The first kappa shape index (κ1) is 27.3. The quantitative estimate of drug-likeness (QED) is 0.403. The molecule has 11 heteroatoms. The van der Waals surface area contributed by atoms with E-state index in [1.807, 2.05) is 26.2 Å². The van der Waals surface area contributed by atoms with E-state index in [0.717, 1.165) is 0 Å². The third-order valence-corrected chi connectivity index (χ3v) is 6.21. The first-order chi connectivity index (χ1) is 15.8. The first-order valence-electron chi connectivity index (χ1n) is 11.3. The second kappa shape index (κ2) is 11.5. The summed E-state index contributed by atoms with van der Waals surface area (Å²) in [5, 5.41) is 27.3. The molecule has 0 spiro atoms. The Kier molecular flexibility index (Phi) is 9.20. The summed E-state index contributed by atoms with van der Waals surface area (Å²) in [7, 11) is 0. The molecule has 10 nitrogen and oxygen atoms in total. The minimum atomic E-state index is -1.02. The SMILES string of the molecule is CC(C)[C@@](C)(NC(=O)c1ccsc1)c1cn([C@@H](CCCCNC(=O)OC(C)(C)C)C(=O)O)nn1. The fraction of sp³-hybridized carbons (Fsp3) is 0.609. The summed E-state index contributed by atoms with van der Waals surface area (Å²) in [6.07, 6.45) is 2.54. The number of aromatic nitrogens is 3. The second-order valence-corrected chi connectivity index (χ2v) is 10.5. The van der Waals surface area contributed by atoms with E-state index in [1.165, 1.54) is 16.0 Å². The van der Waals surface area contributed by atoms with Gasteiger partial charge < -0.3 is 20.5 Å². The number of alkyl carbamates (subject to hydrolysis) is 1. The van der Waals surface area contributed by atoms with Crippen LogP contribution in [-0.4, -0.2) is 50.2 Å².